The quantitative estimate of drug-likeness (QED) is 0.738. The molecule has 1 atom stereocenters. The summed E-state index contributed by atoms with van der Waals surface area (Å²) in [6, 6.07) is 5.88. The van der Waals surface area contributed by atoms with Crippen molar-refractivity contribution in [1.82, 2.24) is 10.2 Å². The average Bonchev–Trinajstić information content (AvgIpc) is 3.45. The molecule has 0 spiro atoms. The number of rotatable bonds is 7. The second-order valence-electron chi connectivity index (χ2n) is 7.89. The smallest absolute Gasteiger partial charge is 0.253 e. The van der Waals surface area contributed by atoms with Crippen LogP contribution in [0.15, 0.2) is 28.4 Å². The number of benzene rings is 1. The largest absolute Gasteiger partial charge is 0.356 e. The van der Waals surface area contributed by atoms with Gasteiger partial charge in [-0.1, -0.05) is 17.2 Å². The van der Waals surface area contributed by atoms with Crippen LogP contribution < -0.4 is 5.32 Å². The molecule has 1 N–H and O–H groups in total. The molecule has 2 aliphatic heterocycles. The molecule has 1 unspecified atom stereocenters. The first kappa shape index (κ1) is 20.1. The van der Waals surface area contributed by atoms with Gasteiger partial charge in [-0.15, -0.1) is 12.3 Å². The number of nitrogens with one attached hydrogen (secondary N) is 1. The van der Waals surface area contributed by atoms with E-state index in [1.165, 1.54) is 0 Å². The highest BCUT2D eigenvalue weighted by atomic mass is 16.2. The molecule has 3 rings (SSSR count). The van der Waals surface area contributed by atoms with Crippen molar-refractivity contribution in [1.29, 1.82) is 0 Å². The first-order chi connectivity index (χ1) is 13.4. The molecule has 2 heterocycles. The second-order valence-corrected chi connectivity index (χ2v) is 7.89. The summed E-state index contributed by atoms with van der Waals surface area (Å²) in [5, 5.41) is 11.2. The average molecular weight is 380 g/mol. The monoisotopic (exact) mass is 380 g/mol. The summed E-state index contributed by atoms with van der Waals surface area (Å²) in [6.45, 7) is 5.67. The second kappa shape index (κ2) is 8.55. The Morgan fingerprint density at radius 1 is 1.25 bits per heavy atom. The molecular weight excluding hydrogens is 352 g/mol. The van der Waals surface area contributed by atoms with Gasteiger partial charge < -0.3 is 10.2 Å². The van der Waals surface area contributed by atoms with Gasteiger partial charge in [-0.05, 0) is 38.8 Å². The molecule has 6 nitrogen and oxygen atoms in total. The van der Waals surface area contributed by atoms with Crippen molar-refractivity contribution in [3.05, 3.63) is 34.9 Å². The number of nitrogens with zero attached hydrogens (tertiary/aromatic N) is 3. The molecule has 1 fully saturated rings. The van der Waals surface area contributed by atoms with E-state index in [4.69, 9.17) is 6.42 Å². The highest BCUT2D eigenvalue weighted by Crippen LogP contribution is 2.36. The molecule has 148 valence electrons. The maximum atomic E-state index is 12.9. The van der Waals surface area contributed by atoms with Crippen LogP contribution in [0.1, 0.15) is 53.6 Å². The van der Waals surface area contributed by atoms with Crippen LogP contribution in [0.3, 0.4) is 0 Å². The normalized spacial score (nSPS) is 19.8. The Balaban J connectivity index is 1.50. The van der Waals surface area contributed by atoms with Gasteiger partial charge in [0.2, 0.25) is 5.91 Å². The number of carbonyl (C=O) groups excluding carboxylic acids is 2. The fourth-order valence-corrected chi connectivity index (χ4v) is 3.85. The molecule has 0 radical (unpaired) electrons. The van der Waals surface area contributed by atoms with Crippen LogP contribution in [0.25, 0.3) is 0 Å². The minimum absolute atomic E-state index is 0.00525. The minimum Gasteiger partial charge on any atom is -0.356 e. The van der Waals surface area contributed by atoms with Crippen LogP contribution >= 0.6 is 0 Å². The molecule has 1 saturated heterocycles. The minimum atomic E-state index is -0.378. The van der Waals surface area contributed by atoms with E-state index < -0.39 is 0 Å². The van der Waals surface area contributed by atoms with Crippen LogP contribution in [0.2, 0.25) is 0 Å². The van der Waals surface area contributed by atoms with E-state index in [1.54, 1.807) is 0 Å². The summed E-state index contributed by atoms with van der Waals surface area (Å²) in [6.07, 6.45) is 9.00. The first-order valence-corrected chi connectivity index (χ1v) is 9.95. The molecule has 0 saturated carbocycles. The van der Waals surface area contributed by atoms with Crippen molar-refractivity contribution in [2.45, 2.75) is 51.6 Å². The molecule has 28 heavy (non-hydrogen) atoms. The van der Waals surface area contributed by atoms with Crippen molar-refractivity contribution < 1.29 is 9.59 Å². The molecule has 1 aromatic carbocycles. The zero-order valence-corrected chi connectivity index (χ0v) is 16.7. The van der Waals surface area contributed by atoms with Gasteiger partial charge in [0.1, 0.15) is 0 Å². The lowest BCUT2D eigenvalue weighted by Crippen LogP contribution is -2.45. The standard InChI is InChI=1S/C22H28N4O2/c1-4-5-8-22(24-25-22)9-10-23-20(27)18-7-6-11-26(15-18)21(28)19-13-16(2)12-17(3)14-19/h1,12-14,18H,5-11,15H2,2-3H3,(H,23,27). The Bertz CT molecular complexity index is 798. The maximum absolute atomic E-state index is 12.9. The van der Waals surface area contributed by atoms with Crippen molar-refractivity contribution in [2.24, 2.45) is 16.1 Å². The van der Waals surface area contributed by atoms with Gasteiger partial charge in [0, 0.05) is 44.5 Å². The van der Waals surface area contributed by atoms with Crippen molar-refractivity contribution in [3.8, 4) is 12.3 Å². The molecule has 1 aromatic rings. The van der Waals surface area contributed by atoms with Gasteiger partial charge in [0.25, 0.3) is 5.91 Å². The molecule has 0 aromatic heterocycles. The van der Waals surface area contributed by atoms with Crippen molar-refractivity contribution in [3.63, 3.8) is 0 Å². The SMILES string of the molecule is C#CCCC1(CCNC(=O)C2CCCN(C(=O)c3cc(C)cc(C)c3)C2)N=N1. The summed E-state index contributed by atoms with van der Waals surface area (Å²) in [5.74, 6) is 2.45. The van der Waals surface area contributed by atoms with Gasteiger partial charge in [0.05, 0.1) is 5.92 Å². The van der Waals surface area contributed by atoms with E-state index in [0.29, 0.717) is 38.0 Å². The Morgan fingerprint density at radius 3 is 2.61 bits per heavy atom. The van der Waals surface area contributed by atoms with Gasteiger partial charge in [-0.25, -0.2) is 0 Å². The number of amides is 2. The third-order valence-corrected chi connectivity index (χ3v) is 5.43. The van der Waals surface area contributed by atoms with Gasteiger partial charge in [0.15, 0.2) is 5.66 Å². The third-order valence-electron chi connectivity index (χ3n) is 5.43. The zero-order valence-electron chi connectivity index (χ0n) is 16.7. The number of likely N-dealkylation sites (tertiary alicyclic amines) is 1. The van der Waals surface area contributed by atoms with Crippen LogP contribution in [0, 0.1) is 32.1 Å². The van der Waals surface area contributed by atoms with Gasteiger partial charge in [-0.3, -0.25) is 9.59 Å². The summed E-state index contributed by atoms with van der Waals surface area (Å²) in [7, 11) is 0. The zero-order chi connectivity index (χ0) is 20.1. The van der Waals surface area contributed by atoms with Gasteiger partial charge >= 0.3 is 0 Å². The van der Waals surface area contributed by atoms with E-state index in [1.807, 2.05) is 30.9 Å². The lowest BCUT2D eigenvalue weighted by molar-refractivity contribution is -0.126. The molecule has 2 amide bonds. The summed E-state index contributed by atoms with van der Waals surface area (Å²) in [4.78, 5) is 27.3. The lowest BCUT2D eigenvalue weighted by atomic mass is 9.95. The Labute approximate surface area is 166 Å². The van der Waals surface area contributed by atoms with Gasteiger partial charge in [-0.2, -0.15) is 10.2 Å². The van der Waals surface area contributed by atoms with E-state index in [2.05, 4.69) is 27.5 Å². The van der Waals surface area contributed by atoms with Crippen molar-refractivity contribution in [2.75, 3.05) is 19.6 Å². The predicted octanol–water partition coefficient (Wildman–Crippen LogP) is 3.24. The number of hydrogen-bond donors (Lipinski definition) is 1. The van der Waals surface area contributed by atoms with Crippen molar-refractivity contribution >= 4 is 11.8 Å². The summed E-state index contributed by atoms with van der Waals surface area (Å²) >= 11 is 0. The molecular formula is C22H28N4O2. The van der Waals surface area contributed by atoms with E-state index in [-0.39, 0.29) is 23.4 Å². The van der Waals surface area contributed by atoms with Crippen LogP contribution in [-0.4, -0.2) is 42.0 Å². The van der Waals surface area contributed by atoms with E-state index >= 15 is 0 Å². The summed E-state index contributed by atoms with van der Waals surface area (Å²) in [5.41, 5.74) is 2.47. The predicted molar refractivity (Wildman–Crippen MR) is 108 cm³/mol. The first-order valence-electron chi connectivity index (χ1n) is 9.95. The fraction of sp³-hybridized carbons (Fsp3) is 0.545. The number of piperidine rings is 1. The van der Waals surface area contributed by atoms with Crippen LogP contribution in [0.5, 0.6) is 0 Å². The molecule has 6 heteroatoms. The van der Waals surface area contributed by atoms with Crippen LogP contribution in [-0.2, 0) is 4.79 Å². The molecule has 2 aliphatic rings. The van der Waals surface area contributed by atoms with E-state index in [9.17, 15) is 9.59 Å². The number of hydrogen-bond acceptors (Lipinski definition) is 4. The molecule has 0 bridgehead atoms. The topological polar surface area (TPSA) is 74.1 Å². The molecule has 0 aliphatic carbocycles. The summed E-state index contributed by atoms with van der Waals surface area (Å²) < 4.78 is 0. The lowest BCUT2D eigenvalue weighted by Gasteiger charge is -2.32. The van der Waals surface area contributed by atoms with E-state index in [0.717, 1.165) is 30.4 Å². The maximum Gasteiger partial charge on any atom is 0.253 e. The highest BCUT2D eigenvalue weighted by Gasteiger charge is 2.39. The number of aryl methyl sites for hydroxylation is 2. The Morgan fingerprint density at radius 2 is 1.96 bits per heavy atom. The number of terminal acetylenes is 1. The third kappa shape index (κ3) is 4.98. The van der Waals surface area contributed by atoms with Crippen LogP contribution in [0.4, 0.5) is 0 Å². The fourth-order valence-electron chi connectivity index (χ4n) is 3.85. The Hall–Kier alpha value is -2.68. The highest BCUT2D eigenvalue weighted by molar-refractivity contribution is 5.95. The Kier molecular flexibility index (Phi) is 6.13. The number of carbonyl (C=O) groups is 2.